The second kappa shape index (κ2) is 6.32. The first-order chi connectivity index (χ1) is 8.74. The molecule has 0 aliphatic carbocycles. The van der Waals surface area contributed by atoms with Gasteiger partial charge in [0.2, 0.25) is 0 Å². The fraction of sp³-hybridized carbons (Fsp3) is 0.600. The lowest BCUT2D eigenvalue weighted by atomic mass is 9.88. The zero-order chi connectivity index (χ0) is 12.8. The molecule has 1 N–H and O–H groups in total. The molecular formula is C15H22O3. The van der Waals surface area contributed by atoms with Crippen molar-refractivity contribution < 1.29 is 14.6 Å². The van der Waals surface area contributed by atoms with Crippen molar-refractivity contribution in [2.24, 2.45) is 0 Å². The van der Waals surface area contributed by atoms with Gasteiger partial charge in [-0.15, -0.1) is 0 Å². The van der Waals surface area contributed by atoms with Gasteiger partial charge < -0.3 is 14.6 Å². The lowest BCUT2D eigenvalue weighted by Crippen LogP contribution is -2.32. The van der Waals surface area contributed by atoms with Crippen molar-refractivity contribution in [2.45, 2.75) is 37.4 Å². The first-order valence-corrected chi connectivity index (χ1v) is 6.63. The van der Waals surface area contributed by atoms with Crippen molar-refractivity contribution in [2.75, 3.05) is 20.3 Å². The van der Waals surface area contributed by atoms with Gasteiger partial charge in [-0.2, -0.15) is 0 Å². The Bertz CT molecular complexity index is 346. The number of methoxy groups -OCH3 is 1. The molecule has 3 nitrogen and oxygen atoms in total. The van der Waals surface area contributed by atoms with Gasteiger partial charge in [0.25, 0.3) is 0 Å². The van der Waals surface area contributed by atoms with Crippen molar-refractivity contribution in [1.82, 2.24) is 0 Å². The van der Waals surface area contributed by atoms with Gasteiger partial charge in [-0.05, 0) is 31.2 Å². The lowest BCUT2D eigenvalue weighted by Gasteiger charge is -2.29. The van der Waals surface area contributed by atoms with E-state index in [4.69, 9.17) is 9.47 Å². The van der Waals surface area contributed by atoms with Crippen LogP contribution in [0.2, 0.25) is 0 Å². The van der Waals surface area contributed by atoms with E-state index in [1.807, 2.05) is 30.3 Å². The van der Waals surface area contributed by atoms with Crippen LogP contribution in [-0.2, 0) is 15.1 Å². The van der Waals surface area contributed by atoms with E-state index in [1.165, 1.54) is 0 Å². The minimum atomic E-state index is -0.901. The topological polar surface area (TPSA) is 38.7 Å². The Balaban J connectivity index is 2.01. The van der Waals surface area contributed by atoms with Gasteiger partial charge in [0.1, 0.15) is 5.60 Å². The highest BCUT2D eigenvalue weighted by Crippen LogP contribution is 2.29. The third-order valence-corrected chi connectivity index (χ3v) is 3.60. The summed E-state index contributed by atoms with van der Waals surface area (Å²) >= 11 is 0. The SMILES string of the molecule is COCC(O)(CCC1CCCO1)c1ccccc1. The van der Waals surface area contributed by atoms with Crippen LogP contribution in [0, 0.1) is 0 Å². The first kappa shape index (κ1) is 13.5. The molecule has 0 radical (unpaired) electrons. The summed E-state index contributed by atoms with van der Waals surface area (Å²) in [6, 6.07) is 9.75. The van der Waals surface area contributed by atoms with Crippen LogP contribution in [0.5, 0.6) is 0 Å². The minimum absolute atomic E-state index is 0.303. The van der Waals surface area contributed by atoms with Crippen molar-refractivity contribution in [3.63, 3.8) is 0 Å². The van der Waals surface area contributed by atoms with Crippen molar-refractivity contribution in [3.05, 3.63) is 35.9 Å². The van der Waals surface area contributed by atoms with E-state index >= 15 is 0 Å². The van der Waals surface area contributed by atoms with E-state index in [2.05, 4.69) is 0 Å². The van der Waals surface area contributed by atoms with Crippen molar-refractivity contribution >= 4 is 0 Å². The van der Waals surface area contributed by atoms with E-state index in [9.17, 15) is 5.11 Å². The Kier molecular flexibility index (Phi) is 4.75. The van der Waals surface area contributed by atoms with E-state index in [0.717, 1.165) is 31.4 Å². The zero-order valence-electron chi connectivity index (χ0n) is 11.0. The highest BCUT2D eigenvalue weighted by atomic mass is 16.5. The molecule has 1 aromatic rings. The summed E-state index contributed by atoms with van der Waals surface area (Å²) in [5.74, 6) is 0. The Labute approximate surface area is 109 Å². The van der Waals surface area contributed by atoms with E-state index in [-0.39, 0.29) is 0 Å². The fourth-order valence-corrected chi connectivity index (χ4v) is 2.56. The fourth-order valence-electron chi connectivity index (χ4n) is 2.56. The summed E-state index contributed by atoms with van der Waals surface area (Å²) in [6.45, 7) is 1.18. The summed E-state index contributed by atoms with van der Waals surface area (Å²) in [7, 11) is 1.62. The maximum Gasteiger partial charge on any atom is 0.113 e. The Morgan fingerprint density at radius 1 is 1.39 bits per heavy atom. The van der Waals surface area contributed by atoms with Gasteiger partial charge >= 0.3 is 0 Å². The van der Waals surface area contributed by atoms with Crippen LogP contribution in [0.1, 0.15) is 31.2 Å². The third kappa shape index (κ3) is 3.31. The number of rotatable bonds is 6. The number of hydrogen-bond acceptors (Lipinski definition) is 3. The van der Waals surface area contributed by atoms with Crippen LogP contribution in [0.4, 0.5) is 0 Å². The molecule has 0 spiro atoms. The van der Waals surface area contributed by atoms with Crippen LogP contribution in [0.3, 0.4) is 0 Å². The Hall–Kier alpha value is -0.900. The molecule has 1 fully saturated rings. The third-order valence-electron chi connectivity index (χ3n) is 3.60. The van der Waals surface area contributed by atoms with Gasteiger partial charge in [0, 0.05) is 13.7 Å². The van der Waals surface area contributed by atoms with Crippen LogP contribution in [0.15, 0.2) is 30.3 Å². The monoisotopic (exact) mass is 250 g/mol. The van der Waals surface area contributed by atoms with Crippen molar-refractivity contribution in [1.29, 1.82) is 0 Å². The van der Waals surface area contributed by atoms with E-state index in [1.54, 1.807) is 7.11 Å². The summed E-state index contributed by atoms with van der Waals surface area (Å²) in [4.78, 5) is 0. The normalized spacial score (nSPS) is 22.9. The quantitative estimate of drug-likeness (QED) is 0.843. The van der Waals surface area contributed by atoms with Gasteiger partial charge in [-0.25, -0.2) is 0 Å². The minimum Gasteiger partial charge on any atom is -0.383 e. The maximum atomic E-state index is 10.8. The predicted molar refractivity (Wildman–Crippen MR) is 70.4 cm³/mol. The zero-order valence-corrected chi connectivity index (χ0v) is 11.0. The molecule has 2 rings (SSSR count). The smallest absolute Gasteiger partial charge is 0.113 e. The average Bonchev–Trinajstić information content (AvgIpc) is 2.91. The predicted octanol–water partition coefficient (Wildman–Crippen LogP) is 2.48. The van der Waals surface area contributed by atoms with Crippen molar-refractivity contribution in [3.8, 4) is 0 Å². The Morgan fingerprint density at radius 3 is 2.78 bits per heavy atom. The average molecular weight is 250 g/mol. The summed E-state index contributed by atoms with van der Waals surface area (Å²) in [6.07, 6.45) is 4.11. The van der Waals surface area contributed by atoms with Crippen LogP contribution >= 0.6 is 0 Å². The van der Waals surface area contributed by atoms with E-state index < -0.39 is 5.60 Å². The molecule has 0 saturated carbocycles. The van der Waals surface area contributed by atoms with Crippen LogP contribution in [0.25, 0.3) is 0 Å². The molecular weight excluding hydrogens is 228 g/mol. The molecule has 0 bridgehead atoms. The number of hydrogen-bond donors (Lipinski definition) is 1. The van der Waals surface area contributed by atoms with Crippen LogP contribution in [-0.4, -0.2) is 31.5 Å². The second-order valence-corrected chi connectivity index (χ2v) is 5.00. The molecule has 1 saturated heterocycles. The summed E-state index contributed by atoms with van der Waals surface area (Å²) < 4.78 is 10.8. The largest absolute Gasteiger partial charge is 0.383 e. The molecule has 1 heterocycles. The number of ether oxygens (including phenoxy) is 2. The molecule has 2 atom stereocenters. The molecule has 0 amide bonds. The molecule has 100 valence electrons. The molecule has 18 heavy (non-hydrogen) atoms. The molecule has 1 aliphatic rings. The second-order valence-electron chi connectivity index (χ2n) is 5.00. The molecule has 2 unspecified atom stereocenters. The number of aliphatic hydroxyl groups is 1. The van der Waals surface area contributed by atoms with Crippen LogP contribution < -0.4 is 0 Å². The van der Waals surface area contributed by atoms with Gasteiger partial charge in [0.15, 0.2) is 0 Å². The lowest BCUT2D eigenvalue weighted by molar-refractivity contribution is -0.0514. The molecule has 3 heteroatoms. The van der Waals surface area contributed by atoms with Gasteiger partial charge in [0.05, 0.1) is 12.7 Å². The molecule has 1 aliphatic heterocycles. The molecule has 0 aromatic heterocycles. The summed E-state index contributed by atoms with van der Waals surface area (Å²) in [5.41, 5.74) is 0.0203. The standard InChI is InChI=1S/C15H22O3/c1-17-12-15(16,13-6-3-2-4-7-13)10-9-14-8-5-11-18-14/h2-4,6-7,14,16H,5,8-12H2,1H3. The summed E-state index contributed by atoms with van der Waals surface area (Å²) in [5, 5.41) is 10.8. The first-order valence-electron chi connectivity index (χ1n) is 6.63. The maximum absolute atomic E-state index is 10.8. The molecule has 1 aromatic carbocycles. The number of benzene rings is 1. The highest BCUT2D eigenvalue weighted by molar-refractivity contribution is 5.22. The highest BCUT2D eigenvalue weighted by Gasteiger charge is 2.30. The Morgan fingerprint density at radius 2 is 2.17 bits per heavy atom. The van der Waals surface area contributed by atoms with E-state index in [0.29, 0.717) is 19.1 Å². The van der Waals surface area contributed by atoms with Gasteiger partial charge in [-0.3, -0.25) is 0 Å². The van der Waals surface area contributed by atoms with Gasteiger partial charge in [-0.1, -0.05) is 30.3 Å².